The molecule has 3 aromatic rings. The number of nitrogens with zero attached hydrogens (tertiary/aromatic N) is 2. The fourth-order valence-electron chi connectivity index (χ4n) is 4.42. The van der Waals surface area contributed by atoms with E-state index in [-0.39, 0.29) is 23.8 Å². The topological polar surface area (TPSA) is 56.1 Å². The zero-order valence-corrected chi connectivity index (χ0v) is 18.9. The zero-order valence-electron chi connectivity index (χ0n) is 18.2. The highest BCUT2D eigenvalue weighted by Gasteiger charge is 2.35. The van der Waals surface area contributed by atoms with Crippen molar-refractivity contribution < 1.29 is 9.53 Å². The first-order valence-corrected chi connectivity index (χ1v) is 10.9. The Morgan fingerprint density at radius 1 is 1.19 bits per heavy atom. The van der Waals surface area contributed by atoms with Gasteiger partial charge in [0.25, 0.3) is 0 Å². The normalized spacial score (nSPS) is 17.1. The van der Waals surface area contributed by atoms with E-state index in [4.69, 9.17) is 16.3 Å². The second-order valence-electron chi connectivity index (χ2n) is 8.95. The maximum Gasteiger partial charge on any atom is 0.225 e. The van der Waals surface area contributed by atoms with Crippen LogP contribution < -0.4 is 10.1 Å². The Balaban J connectivity index is 1.56. The van der Waals surface area contributed by atoms with Gasteiger partial charge in [-0.2, -0.15) is 5.10 Å². The number of para-hydroxylation sites is 1. The maximum atomic E-state index is 12.9. The first kappa shape index (κ1) is 21.4. The molecule has 0 unspecified atom stereocenters. The van der Waals surface area contributed by atoms with Crippen molar-refractivity contribution >= 4 is 17.5 Å². The van der Waals surface area contributed by atoms with Crippen LogP contribution in [0.1, 0.15) is 48.7 Å². The average molecular weight is 438 g/mol. The molecule has 162 valence electrons. The summed E-state index contributed by atoms with van der Waals surface area (Å²) in [5.74, 6) is 0.715. The van der Waals surface area contributed by atoms with Gasteiger partial charge in [-0.1, -0.05) is 61.8 Å². The van der Waals surface area contributed by atoms with Crippen LogP contribution in [0.2, 0.25) is 5.02 Å². The number of fused-ring (bicyclic) bond motifs is 1. The number of hydrogen-bond acceptors (Lipinski definition) is 3. The van der Waals surface area contributed by atoms with Crippen LogP contribution in [0, 0.1) is 5.41 Å². The van der Waals surface area contributed by atoms with Crippen molar-refractivity contribution in [2.75, 3.05) is 7.11 Å². The lowest BCUT2D eigenvalue weighted by atomic mass is 9.74. The Kier molecular flexibility index (Phi) is 6.05. The number of carbonyl (C=O) groups is 1. The number of aromatic nitrogens is 2. The van der Waals surface area contributed by atoms with Gasteiger partial charge in [-0.05, 0) is 36.0 Å². The van der Waals surface area contributed by atoms with Crippen molar-refractivity contribution in [3.8, 4) is 5.75 Å². The minimum Gasteiger partial charge on any atom is -0.496 e. The number of hydrogen-bond donors (Lipinski definition) is 1. The van der Waals surface area contributed by atoms with Crippen molar-refractivity contribution in [2.24, 2.45) is 5.41 Å². The Hall–Kier alpha value is -2.79. The Morgan fingerprint density at radius 3 is 2.65 bits per heavy atom. The van der Waals surface area contributed by atoms with Crippen LogP contribution in [0.25, 0.3) is 0 Å². The predicted octanol–water partition coefficient (Wildman–Crippen LogP) is 4.97. The van der Waals surface area contributed by atoms with Crippen LogP contribution in [0.15, 0.2) is 54.7 Å². The quantitative estimate of drug-likeness (QED) is 0.592. The highest BCUT2D eigenvalue weighted by atomic mass is 35.5. The third kappa shape index (κ3) is 4.77. The van der Waals surface area contributed by atoms with E-state index >= 15 is 0 Å². The molecular weight excluding hydrogens is 410 g/mol. The number of nitrogens with one attached hydrogen (secondary N) is 1. The van der Waals surface area contributed by atoms with Gasteiger partial charge in [-0.3, -0.25) is 9.48 Å². The van der Waals surface area contributed by atoms with E-state index in [1.807, 2.05) is 59.4 Å². The highest BCUT2D eigenvalue weighted by Crippen LogP contribution is 2.41. The molecule has 0 aliphatic heterocycles. The van der Waals surface area contributed by atoms with Crippen LogP contribution in [-0.2, 0) is 24.2 Å². The smallest absolute Gasteiger partial charge is 0.225 e. The molecule has 0 spiro atoms. The average Bonchev–Trinajstić information content (AvgIpc) is 3.11. The Bertz CT molecular complexity index is 1090. The highest BCUT2D eigenvalue weighted by molar-refractivity contribution is 6.31. The summed E-state index contributed by atoms with van der Waals surface area (Å²) >= 11 is 6.37. The van der Waals surface area contributed by atoms with Gasteiger partial charge in [-0.15, -0.1) is 0 Å². The number of ether oxygens (including phenoxy) is 1. The van der Waals surface area contributed by atoms with Crippen molar-refractivity contribution in [3.63, 3.8) is 0 Å². The van der Waals surface area contributed by atoms with Crippen molar-refractivity contribution in [3.05, 3.63) is 82.1 Å². The molecule has 1 heterocycles. The fraction of sp³-hybridized carbons (Fsp3) is 0.360. The van der Waals surface area contributed by atoms with Gasteiger partial charge in [-0.25, -0.2) is 0 Å². The third-order valence-electron chi connectivity index (χ3n) is 5.92. The SMILES string of the molecule is COc1ccccc1CC(=O)N[C@H]1CC(C)(C)Cc2c1cnn2Cc1ccccc1Cl. The number of amides is 1. The van der Waals surface area contributed by atoms with E-state index < -0.39 is 0 Å². The maximum absolute atomic E-state index is 12.9. The number of rotatable bonds is 6. The van der Waals surface area contributed by atoms with Gasteiger partial charge in [0.1, 0.15) is 5.75 Å². The minimum atomic E-state index is -0.0686. The van der Waals surface area contributed by atoms with Gasteiger partial charge in [0.15, 0.2) is 0 Å². The second kappa shape index (κ2) is 8.75. The molecule has 0 bridgehead atoms. The molecule has 1 atom stereocenters. The second-order valence-corrected chi connectivity index (χ2v) is 9.36. The van der Waals surface area contributed by atoms with Crippen LogP contribution in [-0.4, -0.2) is 22.8 Å². The lowest BCUT2D eigenvalue weighted by Crippen LogP contribution is -2.37. The summed E-state index contributed by atoms with van der Waals surface area (Å²) in [6, 6.07) is 15.4. The van der Waals surface area contributed by atoms with Crippen molar-refractivity contribution in [2.45, 2.75) is 45.7 Å². The molecule has 4 rings (SSSR count). The van der Waals surface area contributed by atoms with E-state index in [9.17, 15) is 4.79 Å². The lowest BCUT2D eigenvalue weighted by molar-refractivity contribution is -0.121. The van der Waals surface area contributed by atoms with Crippen LogP contribution >= 0.6 is 11.6 Å². The Morgan fingerprint density at radius 2 is 1.90 bits per heavy atom. The van der Waals surface area contributed by atoms with Gasteiger partial charge in [0.2, 0.25) is 5.91 Å². The lowest BCUT2D eigenvalue weighted by Gasteiger charge is -2.36. The number of carbonyl (C=O) groups excluding carboxylic acids is 1. The molecule has 0 saturated heterocycles. The first-order valence-electron chi connectivity index (χ1n) is 10.6. The van der Waals surface area contributed by atoms with E-state index in [0.717, 1.165) is 40.3 Å². The molecule has 0 saturated carbocycles. The molecule has 2 aromatic carbocycles. The summed E-state index contributed by atoms with van der Waals surface area (Å²) in [5, 5.41) is 8.64. The van der Waals surface area contributed by atoms with E-state index in [1.165, 1.54) is 5.69 Å². The van der Waals surface area contributed by atoms with Crippen molar-refractivity contribution in [1.29, 1.82) is 0 Å². The first-order chi connectivity index (χ1) is 14.9. The molecular formula is C25H28ClN3O2. The molecule has 0 fully saturated rings. The van der Waals surface area contributed by atoms with Crippen LogP contribution in [0.5, 0.6) is 5.75 Å². The molecule has 0 radical (unpaired) electrons. The minimum absolute atomic E-state index is 0.0167. The molecule has 1 N–H and O–H groups in total. The molecule has 1 aromatic heterocycles. The van der Waals surface area contributed by atoms with Gasteiger partial charge >= 0.3 is 0 Å². The summed E-state index contributed by atoms with van der Waals surface area (Å²) in [5.41, 5.74) is 4.23. The summed E-state index contributed by atoms with van der Waals surface area (Å²) in [6.07, 6.45) is 3.96. The predicted molar refractivity (Wildman–Crippen MR) is 122 cm³/mol. The molecule has 1 aliphatic rings. The van der Waals surface area contributed by atoms with E-state index in [2.05, 4.69) is 24.3 Å². The summed E-state index contributed by atoms with van der Waals surface area (Å²) in [6.45, 7) is 5.09. The standard InChI is InChI=1S/C25H28ClN3O2/c1-25(2)13-21(28-24(30)12-17-8-5-7-11-23(17)31-3)19-15-27-29(22(19)14-25)16-18-9-4-6-10-20(18)26/h4-11,15,21H,12-14,16H2,1-3H3,(H,28,30)/t21-/m0/s1. The molecule has 6 heteroatoms. The Labute approximate surface area is 188 Å². The molecule has 5 nitrogen and oxygen atoms in total. The largest absolute Gasteiger partial charge is 0.496 e. The molecule has 1 amide bonds. The number of halogens is 1. The summed E-state index contributed by atoms with van der Waals surface area (Å²) in [4.78, 5) is 12.9. The third-order valence-corrected chi connectivity index (χ3v) is 6.28. The van der Waals surface area contributed by atoms with E-state index in [1.54, 1.807) is 7.11 Å². The number of benzene rings is 2. The zero-order chi connectivity index (χ0) is 22.0. The van der Waals surface area contributed by atoms with Crippen molar-refractivity contribution in [1.82, 2.24) is 15.1 Å². The molecule has 31 heavy (non-hydrogen) atoms. The summed E-state index contributed by atoms with van der Waals surface area (Å²) in [7, 11) is 1.63. The monoisotopic (exact) mass is 437 g/mol. The summed E-state index contributed by atoms with van der Waals surface area (Å²) < 4.78 is 7.42. The van der Waals surface area contributed by atoms with Crippen LogP contribution in [0.3, 0.4) is 0 Å². The van der Waals surface area contributed by atoms with Gasteiger partial charge < -0.3 is 10.1 Å². The number of methoxy groups -OCH3 is 1. The molecule has 1 aliphatic carbocycles. The van der Waals surface area contributed by atoms with Gasteiger partial charge in [0.05, 0.1) is 32.3 Å². The van der Waals surface area contributed by atoms with Gasteiger partial charge in [0, 0.05) is 21.8 Å². The van der Waals surface area contributed by atoms with E-state index in [0.29, 0.717) is 6.54 Å². The van der Waals surface area contributed by atoms with Crippen LogP contribution in [0.4, 0.5) is 0 Å². The fourth-order valence-corrected chi connectivity index (χ4v) is 4.61.